The third kappa shape index (κ3) is 5.24. The van der Waals surface area contributed by atoms with Gasteiger partial charge in [-0.2, -0.15) is 13.2 Å². The Morgan fingerprint density at radius 2 is 2.10 bits per heavy atom. The number of hydrogen-bond donors (Lipinski definition) is 0. The minimum Gasteiger partial charge on any atom is -0.462 e. The molecule has 0 unspecified atom stereocenters. The molecule has 0 saturated carbocycles. The number of rotatable bonds is 6. The molecule has 110 valence electrons. The highest BCUT2D eigenvalue weighted by atomic mass is 32.2. The molecule has 0 aliphatic rings. The number of carbonyl (C=O) groups excluding carboxylic acids is 2. The standard InChI is InChI=1S/C13H13F3O3S/c1-2-19-12(18)11-8-10(20-13(14,15)16)6-5-9(11)4-3-7-17/h5-8H,2-4H2,1H3. The van der Waals surface area contributed by atoms with Crippen LogP contribution in [0.25, 0.3) is 0 Å². The highest BCUT2D eigenvalue weighted by Gasteiger charge is 2.29. The number of alkyl halides is 3. The van der Waals surface area contributed by atoms with E-state index in [1.165, 1.54) is 12.1 Å². The summed E-state index contributed by atoms with van der Waals surface area (Å²) >= 11 is -0.294. The first-order valence-corrected chi connectivity index (χ1v) is 6.68. The largest absolute Gasteiger partial charge is 0.462 e. The first kappa shape index (κ1) is 16.6. The van der Waals surface area contributed by atoms with Crippen LogP contribution in [0.4, 0.5) is 13.2 Å². The minimum atomic E-state index is -4.42. The molecule has 0 radical (unpaired) electrons. The second kappa shape index (κ2) is 7.33. The zero-order valence-corrected chi connectivity index (χ0v) is 11.5. The SMILES string of the molecule is CCOC(=O)c1cc(SC(F)(F)F)ccc1CCC=O. The van der Waals surface area contributed by atoms with E-state index in [0.717, 1.165) is 6.07 Å². The van der Waals surface area contributed by atoms with Crippen LogP contribution in [0.2, 0.25) is 0 Å². The fourth-order valence-electron chi connectivity index (χ4n) is 1.58. The average molecular weight is 306 g/mol. The Balaban J connectivity index is 3.07. The lowest BCUT2D eigenvalue weighted by atomic mass is 10.0. The number of halogens is 3. The molecule has 0 aliphatic heterocycles. The van der Waals surface area contributed by atoms with Gasteiger partial charge in [-0.1, -0.05) is 6.07 Å². The van der Waals surface area contributed by atoms with Crippen molar-refractivity contribution >= 4 is 24.0 Å². The molecule has 1 aromatic rings. The predicted molar refractivity (Wildman–Crippen MR) is 68.7 cm³/mol. The smallest absolute Gasteiger partial charge is 0.446 e. The van der Waals surface area contributed by atoms with E-state index >= 15 is 0 Å². The topological polar surface area (TPSA) is 43.4 Å². The van der Waals surface area contributed by atoms with E-state index in [0.29, 0.717) is 11.8 Å². The van der Waals surface area contributed by atoms with Crippen LogP contribution in [-0.4, -0.2) is 24.4 Å². The van der Waals surface area contributed by atoms with Gasteiger partial charge in [0.15, 0.2) is 0 Å². The molecule has 7 heteroatoms. The fourth-order valence-corrected chi connectivity index (χ4v) is 2.16. The van der Waals surface area contributed by atoms with Crippen LogP contribution in [0.15, 0.2) is 23.1 Å². The molecule has 0 fully saturated rings. The number of thioether (sulfide) groups is 1. The highest BCUT2D eigenvalue weighted by molar-refractivity contribution is 8.00. The van der Waals surface area contributed by atoms with Crippen LogP contribution in [0, 0.1) is 0 Å². The van der Waals surface area contributed by atoms with Gasteiger partial charge in [-0.05, 0) is 42.8 Å². The Bertz CT molecular complexity index is 486. The maximum atomic E-state index is 12.3. The maximum Gasteiger partial charge on any atom is 0.446 e. The van der Waals surface area contributed by atoms with E-state index in [2.05, 4.69) is 0 Å². The van der Waals surface area contributed by atoms with Crippen LogP contribution in [0.5, 0.6) is 0 Å². The Morgan fingerprint density at radius 1 is 1.40 bits per heavy atom. The van der Waals surface area contributed by atoms with Gasteiger partial charge in [0.1, 0.15) is 6.29 Å². The zero-order chi connectivity index (χ0) is 15.2. The predicted octanol–water partition coefficient (Wildman–Crippen LogP) is 3.61. The van der Waals surface area contributed by atoms with Crippen molar-refractivity contribution in [1.29, 1.82) is 0 Å². The number of hydrogen-bond acceptors (Lipinski definition) is 4. The number of ether oxygens (including phenoxy) is 1. The Morgan fingerprint density at radius 3 is 2.65 bits per heavy atom. The lowest BCUT2D eigenvalue weighted by Gasteiger charge is -2.11. The molecule has 0 saturated heterocycles. The summed E-state index contributed by atoms with van der Waals surface area (Å²) in [5.41, 5.74) is -3.85. The Labute approximate surface area is 118 Å². The zero-order valence-electron chi connectivity index (χ0n) is 10.7. The normalized spacial score (nSPS) is 11.2. The molecular formula is C13H13F3O3S. The van der Waals surface area contributed by atoms with Crippen molar-refractivity contribution in [1.82, 2.24) is 0 Å². The summed E-state index contributed by atoms with van der Waals surface area (Å²) in [6.07, 6.45) is 1.17. The molecule has 0 spiro atoms. The Kier molecular flexibility index (Phi) is 6.06. The molecule has 0 aliphatic carbocycles. The van der Waals surface area contributed by atoms with Crippen LogP contribution in [0.1, 0.15) is 29.3 Å². The monoisotopic (exact) mass is 306 g/mol. The van der Waals surface area contributed by atoms with Gasteiger partial charge in [-0.3, -0.25) is 0 Å². The van der Waals surface area contributed by atoms with Gasteiger partial charge in [-0.15, -0.1) is 0 Å². The van der Waals surface area contributed by atoms with Crippen molar-refractivity contribution in [3.05, 3.63) is 29.3 Å². The lowest BCUT2D eigenvalue weighted by molar-refractivity contribution is -0.107. The van der Waals surface area contributed by atoms with E-state index in [4.69, 9.17) is 4.74 Å². The molecule has 0 atom stereocenters. The second-order valence-corrected chi connectivity index (χ2v) is 4.93. The van der Waals surface area contributed by atoms with E-state index in [9.17, 15) is 22.8 Å². The van der Waals surface area contributed by atoms with Crippen molar-refractivity contribution in [2.75, 3.05) is 6.61 Å². The van der Waals surface area contributed by atoms with Gasteiger partial charge in [0.25, 0.3) is 0 Å². The quantitative estimate of drug-likeness (QED) is 0.457. The molecule has 0 N–H and O–H groups in total. The van der Waals surface area contributed by atoms with Crippen molar-refractivity contribution in [2.45, 2.75) is 30.2 Å². The molecule has 20 heavy (non-hydrogen) atoms. The summed E-state index contributed by atoms with van der Waals surface area (Å²) in [6.45, 7) is 1.74. The number of aryl methyl sites for hydroxylation is 1. The van der Waals surface area contributed by atoms with Gasteiger partial charge in [-0.25, -0.2) is 4.79 Å². The highest BCUT2D eigenvalue weighted by Crippen LogP contribution is 2.37. The van der Waals surface area contributed by atoms with Crippen LogP contribution >= 0.6 is 11.8 Å². The average Bonchev–Trinajstić information content (AvgIpc) is 2.35. The summed E-state index contributed by atoms with van der Waals surface area (Å²) in [4.78, 5) is 22.0. The summed E-state index contributed by atoms with van der Waals surface area (Å²) in [5, 5.41) is 0. The van der Waals surface area contributed by atoms with E-state index in [-0.39, 0.29) is 41.7 Å². The number of aldehydes is 1. The van der Waals surface area contributed by atoms with Gasteiger partial charge in [0.05, 0.1) is 12.2 Å². The number of esters is 1. The van der Waals surface area contributed by atoms with Crippen molar-refractivity contribution in [2.24, 2.45) is 0 Å². The first-order chi connectivity index (χ1) is 9.37. The molecule has 0 heterocycles. The maximum absolute atomic E-state index is 12.3. The molecular weight excluding hydrogens is 293 g/mol. The van der Waals surface area contributed by atoms with E-state index in [1.807, 2.05) is 0 Å². The summed E-state index contributed by atoms with van der Waals surface area (Å²) in [7, 11) is 0. The van der Waals surface area contributed by atoms with Crippen LogP contribution < -0.4 is 0 Å². The summed E-state index contributed by atoms with van der Waals surface area (Å²) < 4.78 is 41.8. The molecule has 1 aromatic carbocycles. The number of carbonyl (C=O) groups is 2. The van der Waals surface area contributed by atoms with Crippen LogP contribution in [-0.2, 0) is 16.0 Å². The van der Waals surface area contributed by atoms with Gasteiger partial charge in [0.2, 0.25) is 0 Å². The third-order valence-electron chi connectivity index (χ3n) is 2.34. The Hall–Kier alpha value is -1.50. The van der Waals surface area contributed by atoms with Gasteiger partial charge < -0.3 is 9.53 Å². The molecule has 0 aromatic heterocycles. The minimum absolute atomic E-state index is 0.0722. The fraction of sp³-hybridized carbons (Fsp3) is 0.385. The van der Waals surface area contributed by atoms with Gasteiger partial charge >= 0.3 is 11.5 Å². The first-order valence-electron chi connectivity index (χ1n) is 5.86. The van der Waals surface area contributed by atoms with E-state index in [1.54, 1.807) is 6.92 Å². The van der Waals surface area contributed by atoms with E-state index < -0.39 is 11.5 Å². The van der Waals surface area contributed by atoms with Crippen molar-refractivity contribution in [3.8, 4) is 0 Å². The van der Waals surface area contributed by atoms with Gasteiger partial charge in [0, 0.05) is 11.3 Å². The van der Waals surface area contributed by atoms with Crippen LogP contribution in [0.3, 0.4) is 0 Å². The number of benzene rings is 1. The summed E-state index contributed by atoms with van der Waals surface area (Å²) in [6, 6.07) is 3.85. The molecule has 0 bridgehead atoms. The molecule has 3 nitrogen and oxygen atoms in total. The second-order valence-electron chi connectivity index (χ2n) is 3.79. The summed E-state index contributed by atoms with van der Waals surface area (Å²) in [5.74, 6) is -0.682. The van der Waals surface area contributed by atoms with Crippen molar-refractivity contribution in [3.63, 3.8) is 0 Å². The van der Waals surface area contributed by atoms with Crippen molar-refractivity contribution < 1.29 is 27.5 Å². The lowest BCUT2D eigenvalue weighted by Crippen LogP contribution is -2.09. The third-order valence-corrected chi connectivity index (χ3v) is 3.06. The molecule has 0 amide bonds. The molecule has 1 rings (SSSR count).